The van der Waals surface area contributed by atoms with Crippen LogP contribution in [0.5, 0.6) is 0 Å². The Labute approximate surface area is 139 Å². The highest BCUT2D eigenvalue weighted by atomic mass is 32.2. The second-order valence-electron chi connectivity index (χ2n) is 5.78. The van der Waals surface area contributed by atoms with Gasteiger partial charge in [0, 0.05) is 24.3 Å². The Morgan fingerprint density at radius 2 is 1.17 bits per heavy atom. The summed E-state index contributed by atoms with van der Waals surface area (Å²) in [6.07, 6.45) is 1.27. The zero-order valence-corrected chi connectivity index (χ0v) is 13.8. The maximum absolute atomic E-state index is 9.23. The van der Waals surface area contributed by atoms with E-state index in [-0.39, 0.29) is 39.6 Å². The van der Waals surface area contributed by atoms with Crippen LogP contribution in [0.4, 0.5) is 0 Å². The Morgan fingerprint density at radius 3 is 1.48 bits per heavy atom. The van der Waals surface area contributed by atoms with Crippen molar-refractivity contribution < 1.29 is 29.9 Å². The van der Waals surface area contributed by atoms with E-state index in [0.717, 1.165) is 11.5 Å². The predicted molar refractivity (Wildman–Crippen MR) is 87.1 cm³/mol. The van der Waals surface area contributed by atoms with E-state index < -0.39 is 11.1 Å². The van der Waals surface area contributed by atoms with Crippen LogP contribution in [-0.4, -0.2) is 94.4 Å². The molecular weight excluding hydrogens is 324 g/mol. The SMILES string of the molecule is OCC1(CO)COC(CCSCCC2=NC(CO)(CO)CO2)=N1. The quantitative estimate of drug-likeness (QED) is 0.366. The standard InChI is InChI=1S/C14H24N2O6S/c17-5-13(6-18)9-21-11(15-13)1-3-23-4-2-12-16-14(7-19,8-20)10-22-12/h17-20H,1-10H2. The molecule has 0 spiro atoms. The van der Waals surface area contributed by atoms with Gasteiger partial charge in [0.2, 0.25) is 0 Å². The number of aliphatic imine (C=N–C) groups is 2. The second kappa shape index (κ2) is 8.29. The lowest BCUT2D eigenvalue weighted by molar-refractivity contribution is 0.0971. The summed E-state index contributed by atoms with van der Waals surface area (Å²) >= 11 is 1.69. The molecule has 0 aromatic rings. The van der Waals surface area contributed by atoms with Gasteiger partial charge in [-0.2, -0.15) is 11.8 Å². The first-order valence-corrected chi connectivity index (χ1v) is 8.71. The van der Waals surface area contributed by atoms with Crippen LogP contribution in [0.2, 0.25) is 0 Å². The topological polar surface area (TPSA) is 124 Å². The zero-order valence-electron chi connectivity index (χ0n) is 13.0. The minimum absolute atomic E-state index is 0.217. The Balaban J connectivity index is 1.66. The predicted octanol–water partition coefficient (Wildman–Crippen LogP) is -1.20. The third-order valence-electron chi connectivity index (χ3n) is 3.84. The average Bonchev–Trinajstić information content (AvgIpc) is 3.20. The monoisotopic (exact) mass is 348 g/mol. The van der Waals surface area contributed by atoms with Gasteiger partial charge in [-0.1, -0.05) is 0 Å². The molecular formula is C14H24N2O6S. The number of ether oxygens (including phenoxy) is 2. The number of aliphatic hydroxyl groups is 4. The van der Waals surface area contributed by atoms with Crippen molar-refractivity contribution in [2.24, 2.45) is 9.98 Å². The lowest BCUT2D eigenvalue weighted by Gasteiger charge is -2.16. The minimum Gasteiger partial charge on any atom is -0.478 e. The molecule has 0 unspecified atom stereocenters. The molecule has 23 heavy (non-hydrogen) atoms. The summed E-state index contributed by atoms with van der Waals surface area (Å²) < 4.78 is 10.8. The number of rotatable bonds is 10. The lowest BCUT2D eigenvalue weighted by Crippen LogP contribution is -2.37. The molecule has 0 atom stereocenters. The Hall–Kier alpha value is -0.870. The van der Waals surface area contributed by atoms with E-state index in [0.29, 0.717) is 24.6 Å². The molecule has 0 radical (unpaired) electrons. The van der Waals surface area contributed by atoms with Crippen LogP contribution < -0.4 is 0 Å². The van der Waals surface area contributed by atoms with Gasteiger partial charge in [-0.3, -0.25) is 0 Å². The smallest absolute Gasteiger partial charge is 0.184 e. The maximum atomic E-state index is 9.23. The molecule has 2 rings (SSSR count). The number of aliphatic hydroxyl groups excluding tert-OH is 4. The van der Waals surface area contributed by atoms with E-state index in [1.165, 1.54) is 0 Å². The first-order chi connectivity index (χ1) is 11.1. The second-order valence-corrected chi connectivity index (χ2v) is 7.01. The van der Waals surface area contributed by atoms with E-state index in [4.69, 9.17) is 9.47 Å². The van der Waals surface area contributed by atoms with E-state index in [1.807, 2.05) is 0 Å². The van der Waals surface area contributed by atoms with E-state index in [2.05, 4.69) is 9.98 Å². The molecule has 2 aliphatic heterocycles. The Kier molecular flexibility index (Phi) is 6.66. The maximum Gasteiger partial charge on any atom is 0.184 e. The fourth-order valence-electron chi connectivity index (χ4n) is 2.19. The molecule has 0 saturated carbocycles. The molecule has 8 nitrogen and oxygen atoms in total. The third-order valence-corrected chi connectivity index (χ3v) is 4.82. The molecule has 9 heteroatoms. The average molecular weight is 348 g/mol. The van der Waals surface area contributed by atoms with Crippen molar-refractivity contribution in [3.8, 4) is 0 Å². The third kappa shape index (κ3) is 4.57. The van der Waals surface area contributed by atoms with Gasteiger partial charge in [-0.05, 0) is 0 Å². The zero-order chi connectivity index (χ0) is 16.8. The highest BCUT2D eigenvalue weighted by molar-refractivity contribution is 7.99. The van der Waals surface area contributed by atoms with Gasteiger partial charge in [0.1, 0.15) is 24.3 Å². The first-order valence-electron chi connectivity index (χ1n) is 7.55. The largest absolute Gasteiger partial charge is 0.478 e. The molecule has 0 amide bonds. The number of thioether (sulfide) groups is 1. The van der Waals surface area contributed by atoms with Gasteiger partial charge in [0.25, 0.3) is 0 Å². The highest BCUT2D eigenvalue weighted by Crippen LogP contribution is 2.22. The summed E-state index contributed by atoms with van der Waals surface area (Å²) in [7, 11) is 0. The van der Waals surface area contributed by atoms with E-state index in [1.54, 1.807) is 11.8 Å². The van der Waals surface area contributed by atoms with Crippen LogP contribution in [0.3, 0.4) is 0 Å². The fraction of sp³-hybridized carbons (Fsp3) is 0.857. The van der Waals surface area contributed by atoms with Crippen LogP contribution in [0.1, 0.15) is 12.8 Å². The van der Waals surface area contributed by atoms with Crippen molar-refractivity contribution in [1.82, 2.24) is 0 Å². The highest BCUT2D eigenvalue weighted by Gasteiger charge is 2.36. The summed E-state index contributed by atoms with van der Waals surface area (Å²) in [6.45, 7) is -0.475. The number of hydrogen-bond donors (Lipinski definition) is 4. The molecule has 0 bridgehead atoms. The van der Waals surface area contributed by atoms with Crippen LogP contribution in [0, 0.1) is 0 Å². The van der Waals surface area contributed by atoms with Gasteiger partial charge in [-0.15, -0.1) is 0 Å². The minimum atomic E-state index is -0.885. The van der Waals surface area contributed by atoms with Crippen LogP contribution in [0.15, 0.2) is 9.98 Å². The number of hydrogen-bond acceptors (Lipinski definition) is 9. The van der Waals surface area contributed by atoms with Crippen LogP contribution in [0.25, 0.3) is 0 Å². The summed E-state index contributed by atoms with van der Waals surface area (Å²) in [5.74, 6) is 2.72. The van der Waals surface area contributed by atoms with Crippen LogP contribution >= 0.6 is 11.8 Å². The van der Waals surface area contributed by atoms with Gasteiger partial charge in [-0.25, -0.2) is 9.98 Å². The van der Waals surface area contributed by atoms with Gasteiger partial charge in [0.05, 0.1) is 26.4 Å². The molecule has 0 aromatic heterocycles. The van der Waals surface area contributed by atoms with Crippen molar-refractivity contribution in [2.75, 3.05) is 51.1 Å². The number of nitrogens with zero attached hydrogens (tertiary/aromatic N) is 2. The molecule has 0 aliphatic carbocycles. The molecule has 0 aromatic carbocycles. The van der Waals surface area contributed by atoms with Crippen molar-refractivity contribution in [2.45, 2.75) is 23.9 Å². The van der Waals surface area contributed by atoms with Crippen LogP contribution in [-0.2, 0) is 9.47 Å². The van der Waals surface area contributed by atoms with E-state index in [9.17, 15) is 20.4 Å². The summed E-state index contributed by atoms with van der Waals surface area (Å²) in [5, 5.41) is 36.9. The lowest BCUT2D eigenvalue weighted by atomic mass is 10.1. The fourth-order valence-corrected chi connectivity index (χ4v) is 3.04. The molecule has 4 N–H and O–H groups in total. The Morgan fingerprint density at radius 1 is 0.783 bits per heavy atom. The van der Waals surface area contributed by atoms with Gasteiger partial charge >= 0.3 is 0 Å². The summed E-state index contributed by atoms with van der Waals surface area (Å²) in [4.78, 5) is 8.50. The summed E-state index contributed by atoms with van der Waals surface area (Å²) in [5.41, 5.74) is -1.77. The molecule has 132 valence electrons. The first kappa shape index (κ1) is 18.5. The molecule has 2 aliphatic rings. The van der Waals surface area contributed by atoms with Gasteiger partial charge in [0.15, 0.2) is 11.8 Å². The molecule has 0 saturated heterocycles. The van der Waals surface area contributed by atoms with Crippen molar-refractivity contribution in [3.05, 3.63) is 0 Å². The van der Waals surface area contributed by atoms with Crippen molar-refractivity contribution >= 4 is 23.6 Å². The van der Waals surface area contributed by atoms with Crippen molar-refractivity contribution in [1.29, 1.82) is 0 Å². The molecule has 0 fully saturated rings. The van der Waals surface area contributed by atoms with E-state index >= 15 is 0 Å². The molecule has 2 heterocycles. The Bertz CT molecular complexity index is 409. The van der Waals surface area contributed by atoms with Crippen molar-refractivity contribution in [3.63, 3.8) is 0 Å². The normalized spacial score (nSPS) is 21.6. The van der Waals surface area contributed by atoms with Gasteiger partial charge < -0.3 is 29.9 Å². The summed E-state index contributed by atoms with van der Waals surface area (Å²) in [6, 6.07) is 0.